The lowest BCUT2D eigenvalue weighted by Gasteiger charge is -2.28. The van der Waals surface area contributed by atoms with E-state index in [-0.39, 0.29) is 11.8 Å². The Hall–Kier alpha value is -0.570. The van der Waals surface area contributed by atoms with Gasteiger partial charge < -0.3 is 10.6 Å². The van der Waals surface area contributed by atoms with Gasteiger partial charge in [-0.15, -0.1) is 0 Å². The number of carbonyl (C=O) groups is 1. The first-order valence-corrected chi connectivity index (χ1v) is 7.14. The monoisotopic (exact) mass is 240 g/mol. The zero-order chi connectivity index (χ0) is 12.7. The Bertz CT molecular complexity index is 230. The molecule has 1 rings (SSSR count). The third-order valence-electron chi connectivity index (χ3n) is 3.57. The minimum absolute atomic E-state index is 0.173. The number of unbranched alkanes of at least 4 members (excludes halogenated alkanes) is 2. The quantitative estimate of drug-likeness (QED) is 0.700. The maximum Gasteiger partial charge on any atom is 0.224 e. The fraction of sp³-hybridized carbons (Fsp3) is 0.929. The smallest absolute Gasteiger partial charge is 0.224 e. The fourth-order valence-electron chi connectivity index (χ4n) is 2.49. The molecule has 1 saturated heterocycles. The maximum atomic E-state index is 12.0. The first kappa shape index (κ1) is 14.5. The molecule has 0 aromatic heterocycles. The second-order valence-corrected chi connectivity index (χ2v) is 5.60. The van der Waals surface area contributed by atoms with Gasteiger partial charge in [0.15, 0.2) is 0 Å². The van der Waals surface area contributed by atoms with Crippen molar-refractivity contribution in [2.24, 2.45) is 11.8 Å². The van der Waals surface area contributed by atoms with Crippen molar-refractivity contribution < 1.29 is 4.79 Å². The van der Waals surface area contributed by atoms with Gasteiger partial charge >= 0.3 is 0 Å². The molecular weight excluding hydrogens is 212 g/mol. The minimum Gasteiger partial charge on any atom is -0.353 e. The summed E-state index contributed by atoms with van der Waals surface area (Å²) in [6, 6.07) is 0.325. The molecule has 1 amide bonds. The van der Waals surface area contributed by atoms with Crippen LogP contribution in [0, 0.1) is 11.8 Å². The Labute approximate surface area is 106 Å². The van der Waals surface area contributed by atoms with E-state index in [4.69, 9.17) is 0 Å². The van der Waals surface area contributed by atoms with Crippen LogP contribution in [0.15, 0.2) is 0 Å². The van der Waals surface area contributed by atoms with Crippen molar-refractivity contribution in [2.45, 2.75) is 58.9 Å². The van der Waals surface area contributed by atoms with Crippen LogP contribution < -0.4 is 10.6 Å². The van der Waals surface area contributed by atoms with Crippen LogP contribution in [-0.2, 0) is 4.79 Å². The number of amides is 1. The Morgan fingerprint density at radius 2 is 2.18 bits per heavy atom. The zero-order valence-electron chi connectivity index (χ0n) is 11.6. The van der Waals surface area contributed by atoms with Crippen molar-refractivity contribution in [1.29, 1.82) is 0 Å². The second-order valence-electron chi connectivity index (χ2n) is 5.60. The molecule has 1 heterocycles. The largest absolute Gasteiger partial charge is 0.353 e. The number of hydrogen-bond donors (Lipinski definition) is 2. The third kappa shape index (κ3) is 5.53. The van der Waals surface area contributed by atoms with E-state index in [1.807, 2.05) is 0 Å². The molecule has 0 aromatic rings. The number of nitrogens with one attached hydrogen (secondary N) is 2. The standard InChI is InChI=1S/C14H28N2O/c1-4-5-6-7-12(3)16-14(17)13-8-11(2)9-15-10-13/h11-13,15H,4-10H2,1-3H3,(H,16,17). The molecule has 0 saturated carbocycles. The molecule has 0 spiro atoms. The molecule has 1 aliphatic rings. The average molecular weight is 240 g/mol. The van der Waals surface area contributed by atoms with Gasteiger partial charge in [-0.2, -0.15) is 0 Å². The van der Waals surface area contributed by atoms with Crippen LogP contribution in [0.25, 0.3) is 0 Å². The molecule has 0 radical (unpaired) electrons. The van der Waals surface area contributed by atoms with Crippen molar-refractivity contribution >= 4 is 5.91 Å². The molecule has 0 bridgehead atoms. The summed E-state index contributed by atoms with van der Waals surface area (Å²) in [4.78, 5) is 12.0. The van der Waals surface area contributed by atoms with Gasteiger partial charge in [0.05, 0.1) is 5.92 Å². The van der Waals surface area contributed by atoms with Gasteiger partial charge in [0, 0.05) is 12.6 Å². The number of rotatable bonds is 6. The molecule has 3 heteroatoms. The van der Waals surface area contributed by atoms with Crippen molar-refractivity contribution in [1.82, 2.24) is 10.6 Å². The van der Waals surface area contributed by atoms with Crippen LogP contribution in [-0.4, -0.2) is 25.0 Å². The van der Waals surface area contributed by atoms with Crippen molar-refractivity contribution in [3.05, 3.63) is 0 Å². The summed E-state index contributed by atoms with van der Waals surface area (Å²) < 4.78 is 0. The normalized spacial score (nSPS) is 26.5. The van der Waals surface area contributed by atoms with Crippen LogP contribution >= 0.6 is 0 Å². The van der Waals surface area contributed by atoms with E-state index in [2.05, 4.69) is 31.4 Å². The highest BCUT2D eigenvalue weighted by Gasteiger charge is 2.25. The first-order chi connectivity index (χ1) is 8.13. The summed E-state index contributed by atoms with van der Waals surface area (Å²) in [5.74, 6) is 1.04. The summed E-state index contributed by atoms with van der Waals surface area (Å²) in [6.07, 6.45) is 5.86. The average Bonchev–Trinajstić information content (AvgIpc) is 2.29. The van der Waals surface area contributed by atoms with E-state index >= 15 is 0 Å². The van der Waals surface area contributed by atoms with E-state index in [9.17, 15) is 4.79 Å². The highest BCUT2D eigenvalue weighted by atomic mass is 16.1. The summed E-state index contributed by atoms with van der Waals surface area (Å²) in [5, 5.41) is 6.48. The molecule has 3 unspecified atom stereocenters. The Morgan fingerprint density at radius 3 is 2.82 bits per heavy atom. The lowest BCUT2D eigenvalue weighted by atomic mass is 9.91. The van der Waals surface area contributed by atoms with Crippen molar-refractivity contribution in [3.63, 3.8) is 0 Å². The molecule has 3 atom stereocenters. The van der Waals surface area contributed by atoms with Crippen LogP contribution in [0.5, 0.6) is 0 Å². The summed E-state index contributed by atoms with van der Waals surface area (Å²) >= 11 is 0. The Kier molecular flexibility index (Phi) is 6.56. The summed E-state index contributed by atoms with van der Waals surface area (Å²) in [5.41, 5.74) is 0. The number of piperidine rings is 1. The SMILES string of the molecule is CCCCCC(C)NC(=O)C1CNCC(C)C1. The molecule has 0 aliphatic carbocycles. The van der Waals surface area contributed by atoms with E-state index in [1.165, 1.54) is 19.3 Å². The highest BCUT2D eigenvalue weighted by molar-refractivity contribution is 5.79. The van der Waals surface area contributed by atoms with Crippen LogP contribution in [0.3, 0.4) is 0 Å². The molecule has 3 nitrogen and oxygen atoms in total. The fourth-order valence-corrected chi connectivity index (χ4v) is 2.49. The van der Waals surface area contributed by atoms with Gasteiger partial charge in [-0.05, 0) is 32.2 Å². The van der Waals surface area contributed by atoms with E-state index < -0.39 is 0 Å². The molecular formula is C14H28N2O. The molecule has 2 N–H and O–H groups in total. The van der Waals surface area contributed by atoms with Crippen molar-refractivity contribution in [3.8, 4) is 0 Å². The highest BCUT2D eigenvalue weighted by Crippen LogP contribution is 2.16. The predicted octanol–water partition coefficient (Wildman–Crippen LogP) is 2.32. The number of hydrogen-bond acceptors (Lipinski definition) is 2. The van der Waals surface area contributed by atoms with Crippen LogP contribution in [0.1, 0.15) is 52.9 Å². The Morgan fingerprint density at radius 1 is 1.41 bits per heavy atom. The van der Waals surface area contributed by atoms with E-state index in [0.29, 0.717) is 12.0 Å². The topological polar surface area (TPSA) is 41.1 Å². The van der Waals surface area contributed by atoms with Gasteiger partial charge in [0.1, 0.15) is 0 Å². The molecule has 1 aliphatic heterocycles. The van der Waals surface area contributed by atoms with Gasteiger partial charge in [-0.25, -0.2) is 0 Å². The molecule has 100 valence electrons. The lowest BCUT2D eigenvalue weighted by Crippen LogP contribution is -2.45. The van der Waals surface area contributed by atoms with E-state index in [0.717, 1.165) is 25.9 Å². The summed E-state index contributed by atoms with van der Waals surface area (Å²) in [6.45, 7) is 8.43. The molecule has 1 fully saturated rings. The van der Waals surface area contributed by atoms with Crippen LogP contribution in [0.4, 0.5) is 0 Å². The van der Waals surface area contributed by atoms with Crippen molar-refractivity contribution in [2.75, 3.05) is 13.1 Å². The van der Waals surface area contributed by atoms with Gasteiger partial charge in [0.25, 0.3) is 0 Å². The molecule has 0 aromatic carbocycles. The first-order valence-electron chi connectivity index (χ1n) is 7.14. The van der Waals surface area contributed by atoms with E-state index in [1.54, 1.807) is 0 Å². The Balaban J connectivity index is 2.22. The van der Waals surface area contributed by atoms with Gasteiger partial charge in [0.2, 0.25) is 5.91 Å². The lowest BCUT2D eigenvalue weighted by molar-refractivity contribution is -0.126. The maximum absolute atomic E-state index is 12.0. The summed E-state index contributed by atoms with van der Waals surface area (Å²) in [7, 11) is 0. The molecule has 17 heavy (non-hydrogen) atoms. The van der Waals surface area contributed by atoms with Crippen LogP contribution in [0.2, 0.25) is 0 Å². The number of carbonyl (C=O) groups excluding carboxylic acids is 1. The second kappa shape index (κ2) is 7.70. The minimum atomic E-state index is 0.173. The van der Waals surface area contributed by atoms with Gasteiger partial charge in [-0.3, -0.25) is 4.79 Å². The van der Waals surface area contributed by atoms with Gasteiger partial charge in [-0.1, -0.05) is 33.1 Å². The predicted molar refractivity (Wildman–Crippen MR) is 71.9 cm³/mol. The third-order valence-corrected chi connectivity index (χ3v) is 3.57. The zero-order valence-corrected chi connectivity index (χ0v) is 11.6.